The summed E-state index contributed by atoms with van der Waals surface area (Å²) in [6.07, 6.45) is 22.5. The van der Waals surface area contributed by atoms with Gasteiger partial charge in [0.25, 0.3) is 0 Å². The summed E-state index contributed by atoms with van der Waals surface area (Å²) in [6.45, 7) is 21.2. The predicted octanol–water partition coefficient (Wildman–Crippen LogP) is 7.70. The van der Waals surface area contributed by atoms with Gasteiger partial charge in [0.15, 0.2) is 6.54 Å². The minimum Gasteiger partial charge on any atom is -0.478 e. The average molecular weight is 738 g/mol. The Kier molecular flexibility index (Phi) is 10.7. The van der Waals surface area contributed by atoms with Crippen LogP contribution in [0.25, 0.3) is 5.57 Å². The highest BCUT2D eigenvalue weighted by Crippen LogP contribution is 2.77. The van der Waals surface area contributed by atoms with Gasteiger partial charge in [-0.05, 0) is 148 Å². The van der Waals surface area contributed by atoms with E-state index >= 15 is 0 Å². The third-order valence-electron chi connectivity index (χ3n) is 16.2. The molecule has 292 valence electrons. The maximum atomic E-state index is 14.6. The van der Waals surface area contributed by atoms with Crippen molar-refractivity contribution in [2.24, 2.45) is 56.7 Å². The molecule has 5 aliphatic carbocycles. The molecule has 7 nitrogen and oxygen atoms in total. The average Bonchev–Trinajstić information content (AvgIpc) is 3.49. The quantitative estimate of drug-likeness (QED) is 0.138. The molecule has 0 spiro atoms. The molecule has 10 atom stereocenters. The summed E-state index contributed by atoms with van der Waals surface area (Å²) in [5, 5.41) is 22.3. The van der Waals surface area contributed by atoms with Crippen LogP contribution in [0, 0.1) is 69.0 Å². The van der Waals surface area contributed by atoms with Crippen molar-refractivity contribution in [2.45, 2.75) is 112 Å². The van der Waals surface area contributed by atoms with E-state index in [1.807, 2.05) is 32.9 Å². The zero-order valence-corrected chi connectivity index (χ0v) is 33.9. The van der Waals surface area contributed by atoms with Gasteiger partial charge in [-0.3, -0.25) is 4.79 Å². The molecule has 1 aromatic carbocycles. The summed E-state index contributed by atoms with van der Waals surface area (Å²) in [6, 6.07) is 7.56. The Morgan fingerprint density at radius 3 is 2.31 bits per heavy atom. The number of rotatable bonds is 11. The largest absolute Gasteiger partial charge is 0.478 e. The fourth-order valence-corrected chi connectivity index (χ4v) is 13.7. The maximum absolute atomic E-state index is 14.6. The second kappa shape index (κ2) is 14.5. The number of carbonyl (C=O) groups excluding carboxylic acids is 1. The SMILES string of the molecule is C#CC12CCC3(C(=O)NCC[NH+](CC(=O)O)C(C)C)CCC(C=CC(=C)C)C3C1CCC1C3(C)CC=C(c4ccc(C(=O)O)cc4)C(C)(C)C3CCC12C. The number of carboxylic acids is 2. The lowest BCUT2D eigenvalue weighted by Gasteiger charge is -2.71. The van der Waals surface area contributed by atoms with Crippen molar-refractivity contribution >= 4 is 23.4 Å². The molecular formula is C47H65N2O5+. The molecule has 0 heterocycles. The minimum atomic E-state index is -0.904. The Balaban J connectivity index is 1.32. The van der Waals surface area contributed by atoms with E-state index in [-0.39, 0.29) is 57.9 Å². The second-order valence-corrected chi connectivity index (χ2v) is 19.3. The number of hydrogen-bond donors (Lipinski definition) is 4. The Labute approximate surface area is 324 Å². The topological polar surface area (TPSA) is 108 Å². The molecule has 7 heteroatoms. The smallest absolute Gasteiger partial charge is 0.359 e. The van der Waals surface area contributed by atoms with Crippen LogP contribution >= 0.6 is 0 Å². The van der Waals surface area contributed by atoms with E-state index in [1.165, 1.54) is 5.57 Å². The van der Waals surface area contributed by atoms with Crippen LogP contribution in [0.5, 0.6) is 0 Å². The molecule has 10 unspecified atom stereocenters. The lowest BCUT2D eigenvalue weighted by molar-refractivity contribution is -0.913. The van der Waals surface area contributed by atoms with Gasteiger partial charge in [-0.2, -0.15) is 0 Å². The van der Waals surface area contributed by atoms with Crippen LogP contribution in [0.15, 0.2) is 54.6 Å². The predicted molar refractivity (Wildman–Crippen MR) is 215 cm³/mol. The molecule has 0 radical (unpaired) electrons. The Bertz CT molecular complexity index is 1770. The number of carboxylic acid groups (broad SMARTS) is 2. The van der Waals surface area contributed by atoms with Crippen molar-refractivity contribution in [2.75, 3.05) is 19.6 Å². The number of allylic oxidation sites excluding steroid dienone is 5. The van der Waals surface area contributed by atoms with E-state index in [4.69, 9.17) is 6.42 Å². The van der Waals surface area contributed by atoms with Gasteiger partial charge >= 0.3 is 11.9 Å². The number of quaternary nitrogens is 1. The number of nitrogens with one attached hydrogen (secondary N) is 2. The highest BCUT2D eigenvalue weighted by Gasteiger charge is 2.72. The number of aliphatic carboxylic acids is 1. The molecule has 4 N–H and O–H groups in total. The second-order valence-electron chi connectivity index (χ2n) is 19.3. The highest BCUT2D eigenvalue weighted by atomic mass is 16.4. The first-order valence-corrected chi connectivity index (χ1v) is 20.6. The third kappa shape index (κ3) is 6.29. The Morgan fingerprint density at radius 1 is 1.00 bits per heavy atom. The number of hydrogen-bond acceptors (Lipinski definition) is 3. The summed E-state index contributed by atoms with van der Waals surface area (Å²) < 4.78 is 0. The van der Waals surface area contributed by atoms with Gasteiger partial charge in [0.1, 0.15) is 0 Å². The van der Waals surface area contributed by atoms with Crippen LogP contribution in [0.1, 0.15) is 122 Å². The van der Waals surface area contributed by atoms with E-state index < -0.39 is 17.4 Å². The van der Waals surface area contributed by atoms with Gasteiger partial charge in [0.05, 0.1) is 30.1 Å². The standard InChI is InChI=1S/C47H64N2O5/c1-10-47-26-25-46(42(54)48-27-28-49(31(4)5)29-39(50)51)24-19-33(12-11-30(2)3)40(46)36(47)17-18-38-44(8)22-20-35(32-13-15-34(16-14-32)41(52)53)43(6,7)37(44)21-23-45(38,47)9/h1,11-16,20,31,33,36-38,40H,2,17-19,21-29H2,3-9H3,(H,48,54)(H,50,51)(H,52,53)/p+1. The molecule has 1 aromatic rings. The first-order chi connectivity index (χ1) is 25.4. The van der Waals surface area contributed by atoms with Crippen LogP contribution in [0.3, 0.4) is 0 Å². The molecule has 4 fully saturated rings. The summed E-state index contributed by atoms with van der Waals surface area (Å²) in [4.78, 5) is 38.7. The van der Waals surface area contributed by atoms with Gasteiger partial charge < -0.3 is 20.4 Å². The fraction of sp³-hybridized carbons (Fsp3) is 0.638. The van der Waals surface area contributed by atoms with Crippen molar-refractivity contribution in [3.63, 3.8) is 0 Å². The van der Waals surface area contributed by atoms with Crippen molar-refractivity contribution in [3.8, 4) is 12.3 Å². The molecule has 54 heavy (non-hydrogen) atoms. The van der Waals surface area contributed by atoms with E-state index in [2.05, 4.69) is 63.7 Å². The molecule has 0 aliphatic heterocycles. The number of aromatic carboxylic acids is 1. The van der Waals surface area contributed by atoms with Crippen molar-refractivity contribution < 1.29 is 29.5 Å². The van der Waals surface area contributed by atoms with Crippen molar-refractivity contribution in [1.82, 2.24) is 5.32 Å². The van der Waals surface area contributed by atoms with Crippen LogP contribution < -0.4 is 10.2 Å². The number of fused-ring (bicyclic) bond motifs is 7. The zero-order valence-electron chi connectivity index (χ0n) is 33.9. The monoisotopic (exact) mass is 737 g/mol. The number of benzene rings is 1. The van der Waals surface area contributed by atoms with E-state index in [0.29, 0.717) is 30.5 Å². The lowest BCUT2D eigenvalue weighted by Crippen LogP contribution is -3.16. The van der Waals surface area contributed by atoms with Crippen LogP contribution in [-0.4, -0.2) is 53.7 Å². The van der Waals surface area contributed by atoms with Crippen molar-refractivity contribution in [1.29, 1.82) is 0 Å². The number of terminal acetylenes is 1. The Hall–Kier alpha value is -3.63. The van der Waals surface area contributed by atoms with Crippen LogP contribution in [0.4, 0.5) is 0 Å². The van der Waals surface area contributed by atoms with Crippen LogP contribution in [-0.2, 0) is 9.59 Å². The molecule has 1 amide bonds. The van der Waals surface area contributed by atoms with Gasteiger partial charge in [-0.15, -0.1) is 6.42 Å². The number of carbonyl (C=O) groups is 3. The molecule has 0 bridgehead atoms. The third-order valence-corrected chi connectivity index (χ3v) is 16.2. The van der Waals surface area contributed by atoms with Gasteiger partial charge in [-0.1, -0.05) is 76.1 Å². The first-order valence-electron chi connectivity index (χ1n) is 20.6. The molecule has 6 rings (SSSR count). The first kappa shape index (κ1) is 40.0. The molecule has 4 saturated carbocycles. The molecule has 0 aromatic heterocycles. The van der Waals surface area contributed by atoms with Crippen LogP contribution in [0.2, 0.25) is 0 Å². The normalized spacial score (nSPS) is 37.2. The minimum absolute atomic E-state index is 0.0372. The van der Waals surface area contributed by atoms with E-state index in [0.717, 1.165) is 73.8 Å². The number of amides is 1. The van der Waals surface area contributed by atoms with Gasteiger partial charge in [0, 0.05) is 5.41 Å². The summed E-state index contributed by atoms with van der Waals surface area (Å²) in [5.41, 5.74) is 2.82. The summed E-state index contributed by atoms with van der Waals surface area (Å²) in [7, 11) is 0. The summed E-state index contributed by atoms with van der Waals surface area (Å²) >= 11 is 0. The zero-order chi connectivity index (χ0) is 39.4. The molecule has 5 aliphatic rings. The maximum Gasteiger partial charge on any atom is 0.359 e. The van der Waals surface area contributed by atoms with Gasteiger partial charge in [-0.25, -0.2) is 9.59 Å². The Morgan fingerprint density at radius 2 is 1.70 bits per heavy atom. The highest BCUT2D eigenvalue weighted by molar-refractivity contribution is 5.88. The van der Waals surface area contributed by atoms with Gasteiger partial charge in [0.2, 0.25) is 5.91 Å². The van der Waals surface area contributed by atoms with E-state index in [9.17, 15) is 24.6 Å². The molecule has 0 saturated heterocycles. The van der Waals surface area contributed by atoms with E-state index in [1.54, 1.807) is 12.1 Å². The molecular weight excluding hydrogens is 673 g/mol. The van der Waals surface area contributed by atoms with Crippen molar-refractivity contribution in [3.05, 3.63) is 65.8 Å². The summed E-state index contributed by atoms with van der Waals surface area (Å²) in [5.74, 6) is 3.50. The lowest BCUT2D eigenvalue weighted by atomic mass is 9.32. The fourth-order valence-electron chi connectivity index (χ4n) is 13.7.